The Bertz CT molecular complexity index is 1170. The number of nitrogens with one attached hydrogen (secondary N) is 2. The molecule has 0 atom stereocenters. The third-order valence-corrected chi connectivity index (χ3v) is 6.04. The summed E-state index contributed by atoms with van der Waals surface area (Å²) in [6.45, 7) is 5.36. The summed E-state index contributed by atoms with van der Waals surface area (Å²) in [6.07, 6.45) is 0. The zero-order valence-corrected chi connectivity index (χ0v) is 16.6. The quantitative estimate of drug-likeness (QED) is 0.692. The first-order chi connectivity index (χ1) is 12.7. The molecular weight excluding hydrogens is 386 g/mol. The fourth-order valence-corrected chi connectivity index (χ4v) is 4.40. The van der Waals surface area contributed by atoms with E-state index in [4.69, 9.17) is 11.6 Å². The van der Waals surface area contributed by atoms with Gasteiger partial charge in [-0.15, -0.1) is 0 Å². The molecule has 0 aliphatic rings. The van der Waals surface area contributed by atoms with Crippen LogP contribution in [0.4, 0.5) is 5.69 Å². The summed E-state index contributed by atoms with van der Waals surface area (Å²) in [5.41, 5.74) is 3.38. The molecule has 2 N–H and O–H groups in total. The molecule has 2 aromatic carbocycles. The Hall–Kier alpha value is -2.64. The molecule has 0 radical (unpaired) electrons. The van der Waals surface area contributed by atoms with Crippen LogP contribution in [0, 0.1) is 20.8 Å². The van der Waals surface area contributed by atoms with Crippen LogP contribution in [0.3, 0.4) is 0 Å². The van der Waals surface area contributed by atoms with Crippen molar-refractivity contribution in [1.82, 2.24) is 10.2 Å². The molecule has 0 spiro atoms. The van der Waals surface area contributed by atoms with Crippen molar-refractivity contribution >= 4 is 27.3 Å². The summed E-state index contributed by atoms with van der Waals surface area (Å²) >= 11 is 5.94. The van der Waals surface area contributed by atoms with Gasteiger partial charge in [0.25, 0.3) is 15.6 Å². The molecule has 27 heavy (non-hydrogen) atoms. The number of aromatic nitrogens is 2. The van der Waals surface area contributed by atoms with Crippen molar-refractivity contribution in [2.75, 3.05) is 4.72 Å². The van der Waals surface area contributed by atoms with E-state index in [0.717, 1.165) is 11.1 Å². The molecule has 0 amide bonds. The van der Waals surface area contributed by atoms with Gasteiger partial charge in [-0.2, -0.15) is 5.10 Å². The minimum absolute atomic E-state index is 0.153. The molecule has 0 bridgehead atoms. The number of nitrogens with zero attached hydrogens (tertiary/aromatic N) is 1. The highest BCUT2D eigenvalue weighted by atomic mass is 35.5. The van der Waals surface area contributed by atoms with E-state index in [2.05, 4.69) is 14.9 Å². The molecule has 8 heteroatoms. The summed E-state index contributed by atoms with van der Waals surface area (Å²) in [6, 6.07) is 11.2. The molecule has 0 saturated carbocycles. The predicted molar refractivity (Wildman–Crippen MR) is 107 cm³/mol. The van der Waals surface area contributed by atoms with Gasteiger partial charge in [-0.3, -0.25) is 9.52 Å². The number of anilines is 1. The highest BCUT2D eigenvalue weighted by molar-refractivity contribution is 7.92. The van der Waals surface area contributed by atoms with E-state index >= 15 is 0 Å². The normalized spacial score (nSPS) is 11.4. The summed E-state index contributed by atoms with van der Waals surface area (Å²) in [4.78, 5) is 11.4. The van der Waals surface area contributed by atoms with Crippen LogP contribution in [-0.2, 0) is 10.0 Å². The molecule has 3 rings (SSSR count). The number of aromatic amines is 1. The van der Waals surface area contributed by atoms with Crippen LogP contribution in [-0.4, -0.2) is 18.6 Å². The van der Waals surface area contributed by atoms with Crippen molar-refractivity contribution in [2.24, 2.45) is 0 Å². The van der Waals surface area contributed by atoms with Gasteiger partial charge in [0.2, 0.25) is 0 Å². The van der Waals surface area contributed by atoms with Gasteiger partial charge in [-0.05, 0) is 73.9 Å². The van der Waals surface area contributed by atoms with Crippen molar-refractivity contribution in [3.63, 3.8) is 0 Å². The van der Waals surface area contributed by atoms with Crippen LogP contribution in [0.1, 0.15) is 16.7 Å². The molecule has 1 heterocycles. The Morgan fingerprint density at radius 3 is 2.37 bits per heavy atom. The monoisotopic (exact) mass is 403 g/mol. The van der Waals surface area contributed by atoms with Gasteiger partial charge < -0.3 is 0 Å². The number of hydrogen-bond acceptors (Lipinski definition) is 4. The first-order valence-electron chi connectivity index (χ1n) is 8.14. The van der Waals surface area contributed by atoms with E-state index in [1.807, 2.05) is 13.0 Å². The summed E-state index contributed by atoms with van der Waals surface area (Å²) in [5, 5.41) is 6.88. The van der Waals surface area contributed by atoms with Crippen molar-refractivity contribution in [3.8, 4) is 11.3 Å². The highest BCUT2D eigenvalue weighted by Crippen LogP contribution is 2.29. The van der Waals surface area contributed by atoms with Crippen molar-refractivity contribution in [3.05, 3.63) is 74.5 Å². The average Bonchev–Trinajstić information content (AvgIpc) is 2.60. The maximum Gasteiger partial charge on any atom is 0.264 e. The number of benzene rings is 2. The van der Waals surface area contributed by atoms with Crippen LogP contribution >= 0.6 is 11.6 Å². The van der Waals surface area contributed by atoms with Crippen molar-refractivity contribution in [1.29, 1.82) is 0 Å². The van der Waals surface area contributed by atoms with Crippen LogP contribution < -0.4 is 10.3 Å². The van der Waals surface area contributed by atoms with E-state index in [-0.39, 0.29) is 10.5 Å². The lowest BCUT2D eigenvalue weighted by molar-refractivity contribution is 0.600. The van der Waals surface area contributed by atoms with Crippen molar-refractivity contribution in [2.45, 2.75) is 25.7 Å². The van der Waals surface area contributed by atoms with Crippen molar-refractivity contribution < 1.29 is 8.42 Å². The highest BCUT2D eigenvalue weighted by Gasteiger charge is 2.21. The van der Waals surface area contributed by atoms with Gasteiger partial charge >= 0.3 is 0 Å². The van der Waals surface area contributed by atoms with E-state index in [9.17, 15) is 13.2 Å². The third-order valence-electron chi connectivity index (χ3n) is 4.32. The summed E-state index contributed by atoms with van der Waals surface area (Å²) in [7, 11) is -3.83. The maximum atomic E-state index is 13.0. The van der Waals surface area contributed by atoms with Crippen LogP contribution in [0.2, 0.25) is 5.02 Å². The Labute approximate surface area is 162 Å². The Morgan fingerprint density at radius 1 is 1.00 bits per heavy atom. The fraction of sp³-hybridized carbons (Fsp3) is 0.158. The Kier molecular flexibility index (Phi) is 5.08. The number of sulfonamides is 1. The largest absolute Gasteiger partial charge is 0.279 e. The third kappa shape index (κ3) is 4.04. The van der Waals surface area contributed by atoms with Gasteiger partial charge in [-0.25, -0.2) is 13.5 Å². The smallest absolute Gasteiger partial charge is 0.264 e. The molecule has 0 aliphatic carbocycles. The van der Waals surface area contributed by atoms with Gasteiger partial charge in [0.05, 0.1) is 16.3 Å². The van der Waals surface area contributed by atoms with Gasteiger partial charge in [-0.1, -0.05) is 11.6 Å². The molecule has 0 fully saturated rings. The average molecular weight is 404 g/mol. The Morgan fingerprint density at radius 2 is 1.74 bits per heavy atom. The second-order valence-electron chi connectivity index (χ2n) is 6.29. The Balaban J connectivity index is 2.09. The van der Waals surface area contributed by atoms with E-state index in [1.54, 1.807) is 44.2 Å². The topological polar surface area (TPSA) is 91.9 Å². The first-order valence-corrected chi connectivity index (χ1v) is 10.00. The maximum absolute atomic E-state index is 13.0. The van der Waals surface area contributed by atoms with Gasteiger partial charge in [0.15, 0.2) is 0 Å². The fourth-order valence-electron chi connectivity index (χ4n) is 2.70. The lowest BCUT2D eigenvalue weighted by Gasteiger charge is -2.15. The van der Waals surface area contributed by atoms with Gasteiger partial charge in [0, 0.05) is 16.7 Å². The number of rotatable bonds is 4. The standard InChI is InChI=1S/C19H18ClN3O3S/c1-11-8-14(17-6-7-19(24)22-21-17)10-18(13(11)3)27(25,26)23-16-5-4-15(20)9-12(16)2/h4-10,23H,1-3H3,(H,22,24). The molecule has 140 valence electrons. The van der Waals surface area contributed by atoms with Crippen LogP contribution in [0.25, 0.3) is 11.3 Å². The zero-order valence-electron chi connectivity index (χ0n) is 15.0. The number of hydrogen-bond donors (Lipinski definition) is 2. The minimum Gasteiger partial charge on any atom is -0.279 e. The SMILES string of the molecule is Cc1cc(Cl)ccc1NS(=O)(=O)c1cc(-c2ccc(=O)[nH]n2)cc(C)c1C. The van der Waals surface area contributed by atoms with Gasteiger partial charge in [0.1, 0.15) is 0 Å². The molecule has 6 nitrogen and oxygen atoms in total. The molecule has 1 aromatic heterocycles. The molecule has 0 saturated heterocycles. The summed E-state index contributed by atoms with van der Waals surface area (Å²) in [5.74, 6) is 0. The zero-order chi connectivity index (χ0) is 19.8. The summed E-state index contributed by atoms with van der Waals surface area (Å²) < 4.78 is 28.7. The molecule has 3 aromatic rings. The predicted octanol–water partition coefficient (Wildman–Crippen LogP) is 3.82. The number of H-pyrrole nitrogens is 1. The second kappa shape index (κ2) is 7.17. The van der Waals surface area contributed by atoms with Crippen LogP contribution in [0.15, 0.2) is 52.2 Å². The van der Waals surface area contributed by atoms with E-state index in [0.29, 0.717) is 27.5 Å². The minimum atomic E-state index is -3.83. The number of aryl methyl sites for hydroxylation is 2. The van der Waals surface area contributed by atoms with E-state index < -0.39 is 10.0 Å². The molecule has 0 unspecified atom stereocenters. The molecule has 0 aliphatic heterocycles. The lowest BCUT2D eigenvalue weighted by Crippen LogP contribution is -2.16. The second-order valence-corrected chi connectivity index (χ2v) is 8.37. The van der Waals surface area contributed by atoms with E-state index in [1.165, 1.54) is 6.07 Å². The van der Waals surface area contributed by atoms with Crippen LogP contribution in [0.5, 0.6) is 0 Å². The lowest BCUT2D eigenvalue weighted by atomic mass is 10.0. The molecular formula is C19H18ClN3O3S. The number of halogens is 1. The first kappa shape index (κ1) is 19.1.